The molecule has 1 amide bonds. The van der Waals surface area contributed by atoms with Crippen LogP contribution in [0.25, 0.3) is 0 Å². The minimum Gasteiger partial charge on any atom is -0.326 e. The summed E-state index contributed by atoms with van der Waals surface area (Å²) in [6.07, 6.45) is 0. The van der Waals surface area contributed by atoms with Gasteiger partial charge in [-0.1, -0.05) is 0 Å². The van der Waals surface area contributed by atoms with E-state index in [-0.39, 0.29) is 5.56 Å². The summed E-state index contributed by atoms with van der Waals surface area (Å²) in [5.41, 5.74) is 2.45. The first-order valence-electron chi connectivity index (χ1n) is 5.52. The van der Waals surface area contributed by atoms with Crippen LogP contribution in [-0.2, 0) is 0 Å². The second-order valence-corrected chi connectivity index (χ2v) is 4.15. The van der Waals surface area contributed by atoms with E-state index in [0.29, 0.717) is 17.1 Å². The van der Waals surface area contributed by atoms with Gasteiger partial charge in [-0.3, -0.25) is 14.7 Å². The molecule has 2 rings (SSSR count). The van der Waals surface area contributed by atoms with Crippen LogP contribution in [0.4, 0.5) is 5.69 Å². The van der Waals surface area contributed by atoms with Crippen molar-refractivity contribution >= 4 is 11.6 Å². The number of anilines is 1. The number of carbonyl (C=O) groups is 1. The van der Waals surface area contributed by atoms with Crippen molar-refractivity contribution in [2.24, 2.45) is 0 Å². The molecule has 6 heteroatoms. The maximum Gasteiger partial charge on any atom is 0.261 e. The van der Waals surface area contributed by atoms with E-state index in [2.05, 4.69) is 20.5 Å². The zero-order chi connectivity index (χ0) is 13.3. The van der Waals surface area contributed by atoms with E-state index in [0.717, 1.165) is 5.69 Å². The number of nitrogens with one attached hydrogen (secondary N) is 3. The Morgan fingerprint density at radius 3 is 2.56 bits per heavy atom. The molecule has 94 valence electrons. The lowest BCUT2D eigenvalue weighted by Crippen LogP contribution is -2.23. The topological polar surface area (TPSA) is 90.6 Å². The van der Waals surface area contributed by atoms with Crippen LogP contribution in [0.15, 0.2) is 16.9 Å². The predicted molar refractivity (Wildman–Crippen MR) is 67.8 cm³/mol. The Hall–Kier alpha value is -2.37. The standard InChI is InChI=1S/C12H14N4O2/c1-6-4-5-9(11(17)13-6)12(18)14-10-7(2)15-16-8(10)3/h4-5H,1-3H3,(H,13,17)(H,14,18)(H,15,16). The number of nitrogens with zero attached hydrogens (tertiary/aromatic N) is 1. The molecule has 0 unspecified atom stereocenters. The minimum atomic E-state index is -0.441. The van der Waals surface area contributed by atoms with Crippen molar-refractivity contribution in [1.82, 2.24) is 15.2 Å². The average molecular weight is 246 g/mol. The van der Waals surface area contributed by atoms with Crippen molar-refractivity contribution in [1.29, 1.82) is 0 Å². The number of hydrogen-bond acceptors (Lipinski definition) is 3. The summed E-state index contributed by atoms with van der Waals surface area (Å²) in [4.78, 5) is 26.2. The average Bonchev–Trinajstić information content (AvgIpc) is 2.60. The van der Waals surface area contributed by atoms with Crippen molar-refractivity contribution in [2.75, 3.05) is 5.32 Å². The lowest BCUT2D eigenvalue weighted by Gasteiger charge is -2.04. The highest BCUT2D eigenvalue weighted by molar-refractivity contribution is 6.04. The van der Waals surface area contributed by atoms with Gasteiger partial charge < -0.3 is 10.3 Å². The summed E-state index contributed by atoms with van der Waals surface area (Å²) < 4.78 is 0. The Morgan fingerprint density at radius 1 is 1.28 bits per heavy atom. The van der Waals surface area contributed by atoms with Crippen molar-refractivity contribution in [2.45, 2.75) is 20.8 Å². The number of aromatic amines is 2. The van der Waals surface area contributed by atoms with Crippen LogP contribution in [0.2, 0.25) is 0 Å². The summed E-state index contributed by atoms with van der Waals surface area (Å²) in [5, 5.41) is 9.42. The molecule has 2 heterocycles. The van der Waals surface area contributed by atoms with Crippen molar-refractivity contribution < 1.29 is 4.79 Å². The number of aromatic nitrogens is 3. The predicted octanol–water partition coefficient (Wildman–Crippen LogP) is 1.28. The molecule has 0 spiro atoms. The molecule has 0 aromatic carbocycles. The fraction of sp³-hybridized carbons (Fsp3) is 0.250. The molecule has 0 fully saturated rings. The monoisotopic (exact) mass is 246 g/mol. The summed E-state index contributed by atoms with van der Waals surface area (Å²) in [7, 11) is 0. The van der Waals surface area contributed by atoms with Crippen LogP contribution >= 0.6 is 0 Å². The Bertz CT molecular complexity index is 635. The number of H-pyrrole nitrogens is 2. The third kappa shape index (κ3) is 2.17. The van der Waals surface area contributed by atoms with Crippen molar-refractivity contribution in [3.05, 3.63) is 45.1 Å². The maximum atomic E-state index is 12.0. The Morgan fingerprint density at radius 2 is 2.00 bits per heavy atom. The highest BCUT2D eigenvalue weighted by Gasteiger charge is 2.14. The highest BCUT2D eigenvalue weighted by atomic mass is 16.2. The second kappa shape index (κ2) is 4.48. The SMILES string of the molecule is Cc1ccc(C(=O)Nc2c(C)n[nH]c2C)c(=O)[nH]1. The van der Waals surface area contributed by atoms with Crippen molar-refractivity contribution in [3.8, 4) is 0 Å². The maximum absolute atomic E-state index is 12.0. The molecule has 0 atom stereocenters. The normalized spacial score (nSPS) is 10.4. The number of rotatable bonds is 2. The Labute approximate surface area is 103 Å². The van der Waals surface area contributed by atoms with Gasteiger partial charge in [0.2, 0.25) is 0 Å². The molecule has 0 aliphatic rings. The van der Waals surface area contributed by atoms with Crippen molar-refractivity contribution in [3.63, 3.8) is 0 Å². The van der Waals surface area contributed by atoms with E-state index in [1.807, 2.05) is 0 Å². The zero-order valence-corrected chi connectivity index (χ0v) is 10.4. The molecule has 0 saturated carbocycles. The molecule has 0 aliphatic carbocycles. The largest absolute Gasteiger partial charge is 0.326 e. The second-order valence-electron chi connectivity index (χ2n) is 4.15. The van der Waals surface area contributed by atoms with E-state index in [4.69, 9.17) is 0 Å². The number of aryl methyl sites for hydroxylation is 3. The summed E-state index contributed by atoms with van der Waals surface area (Å²) in [6, 6.07) is 3.19. The van der Waals surface area contributed by atoms with Gasteiger partial charge in [0.25, 0.3) is 11.5 Å². The van der Waals surface area contributed by atoms with Gasteiger partial charge in [-0.2, -0.15) is 5.10 Å². The van der Waals surface area contributed by atoms with Crippen LogP contribution in [0.5, 0.6) is 0 Å². The van der Waals surface area contributed by atoms with Gasteiger partial charge in [0.1, 0.15) is 5.56 Å². The van der Waals surface area contributed by atoms with Crippen LogP contribution in [0, 0.1) is 20.8 Å². The quantitative estimate of drug-likeness (QED) is 0.745. The van der Waals surface area contributed by atoms with Crippen LogP contribution in [-0.4, -0.2) is 21.1 Å². The van der Waals surface area contributed by atoms with Gasteiger partial charge in [-0.05, 0) is 32.9 Å². The highest BCUT2D eigenvalue weighted by Crippen LogP contribution is 2.16. The molecule has 0 bridgehead atoms. The number of carbonyl (C=O) groups excluding carboxylic acids is 1. The third-order valence-corrected chi connectivity index (χ3v) is 2.67. The summed E-state index contributed by atoms with van der Waals surface area (Å²) in [6.45, 7) is 5.33. The fourth-order valence-electron chi connectivity index (χ4n) is 1.67. The first kappa shape index (κ1) is 12.1. The molecular weight excluding hydrogens is 232 g/mol. The Kier molecular flexibility index (Phi) is 3.01. The van der Waals surface area contributed by atoms with Gasteiger partial charge in [0.15, 0.2) is 0 Å². The molecule has 2 aromatic heterocycles. The van der Waals surface area contributed by atoms with Gasteiger partial charge >= 0.3 is 0 Å². The van der Waals surface area contributed by atoms with Crippen LogP contribution in [0.1, 0.15) is 27.4 Å². The lowest BCUT2D eigenvalue weighted by atomic mass is 10.2. The number of hydrogen-bond donors (Lipinski definition) is 3. The first-order valence-corrected chi connectivity index (χ1v) is 5.52. The summed E-state index contributed by atoms with van der Waals surface area (Å²) in [5.74, 6) is -0.441. The third-order valence-electron chi connectivity index (χ3n) is 2.67. The van der Waals surface area contributed by atoms with Crippen LogP contribution < -0.4 is 10.9 Å². The van der Waals surface area contributed by atoms with E-state index in [1.165, 1.54) is 6.07 Å². The molecule has 18 heavy (non-hydrogen) atoms. The molecule has 0 saturated heterocycles. The minimum absolute atomic E-state index is 0.0839. The van der Waals surface area contributed by atoms with Gasteiger partial charge in [0.05, 0.1) is 17.1 Å². The van der Waals surface area contributed by atoms with E-state index >= 15 is 0 Å². The Balaban J connectivity index is 2.31. The summed E-state index contributed by atoms with van der Waals surface area (Å²) >= 11 is 0. The fourth-order valence-corrected chi connectivity index (χ4v) is 1.67. The lowest BCUT2D eigenvalue weighted by molar-refractivity contribution is 0.102. The van der Waals surface area contributed by atoms with E-state index in [9.17, 15) is 9.59 Å². The number of pyridine rings is 1. The molecule has 2 aromatic rings. The zero-order valence-electron chi connectivity index (χ0n) is 10.4. The smallest absolute Gasteiger partial charge is 0.261 e. The molecule has 0 aliphatic heterocycles. The molecule has 0 radical (unpaired) electrons. The van der Waals surface area contributed by atoms with Gasteiger partial charge in [0, 0.05) is 5.69 Å². The van der Waals surface area contributed by atoms with Gasteiger partial charge in [-0.15, -0.1) is 0 Å². The number of amides is 1. The first-order chi connectivity index (χ1) is 8.49. The van der Waals surface area contributed by atoms with E-state index < -0.39 is 11.5 Å². The molecular formula is C12H14N4O2. The molecule has 6 nitrogen and oxygen atoms in total. The van der Waals surface area contributed by atoms with E-state index in [1.54, 1.807) is 26.8 Å². The van der Waals surface area contributed by atoms with Gasteiger partial charge in [-0.25, -0.2) is 0 Å². The molecule has 3 N–H and O–H groups in total. The van der Waals surface area contributed by atoms with Crippen LogP contribution in [0.3, 0.4) is 0 Å².